The molecular weight excluding hydrogens is 492 g/mol. The number of allylic oxidation sites excluding steroid dienone is 4. The first-order chi connectivity index (χ1) is 19.2. The van der Waals surface area contributed by atoms with Crippen molar-refractivity contribution in [2.75, 3.05) is 52.7 Å². The van der Waals surface area contributed by atoms with Gasteiger partial charge in [0.25, 0.3) is 0 Å². The number of rotatable bonds is 28. The minimum absolute atomic E-state index is 0.0777. The van der Waals surface area contributed by atoms with Crippen LogP contribution < -0.4 is 5.48 Å². The van der Waals surface area contributed by atoms with Crippen molar-refractivity contribution < 1.29 is 24.1 Å². The molecule has 1 saturated heterocycles. The first kappa shape index (κ1) is 36.2. The fourth-order valence-corrected chi connectivity index (χ4v) is 4.75. The molecule has 0 aromatic rings. The maximum absolute atomic E-state index is 6.00. The van der Waals surface area contributed by atoms with Gasteiger partial charge in [0.1, 0.15) is 12.7 Å². The molecule has 7 heteroatoms. The molecule has 1 N–H and O–H groups in total. The van der Waals surface area contributed by atoms with Gasteiger partial charge >= 0.3 is 0 Å². The molecule has 1 aliphatic heterocycles. The lowest BCUT2D eigenvalue weighted by Gasteiger charge is -2.26. The Bertz CT molecular complexity index is 575. The lowest BCUT2D eigenvalue weighted by Crippen LogP contribution is -2.38. The molecule has 39 heavy (non-hydrogen) atoms. The van der Waals surface area contributed by atoms with Crippen molar-refractivity contribution >= 4 is 0 Å². The predicted molar refractivity (Wildman–Crippen MR) is 162 cm³/mol. The van der Waals surface area contributed by atoms with E-state index in [-0.39, 0.29) is 12.2 Å². The maximum atomic E-state index is 6.00. The molecule has 0 radical (unpaired) electrons. The molecule has 0 aromatic carbocycles. The Balaban J connectivity index is 2.08. The van der Waals surface area contributed by atoms with Crippen molar-refractivity contribution in [3.63, 3.8) is 0 Å². The van der Waals surface area contributed by atoms with E-state index in [0.29, 0.717) is 39.0 Å². The molecule has 0 aromatic heterocycles. The van der Waals surface area contributed by atoms with Crippen molar-refractivity contribution in [3.8, 4) is 0 Å². The van der Waals surface area contributed by atoms with Crippen LogP contribution in [0, 0.1) is 0 Å². The van der Waals surface area contributed by atoms with Crippen LogP contribution >= 0.6 is 0 Å². The lowest BCUT2D eigenvalue weighted by atomic mass is 10.1. The number of unbranched alkanes of at least 4 members (excludes halogenated alkanes) is 6. The number of nitrogens with one attached hydrogen (secondary N) is 1. The predicted octanol–water partition coefficient (Wildman–Crippen LogP) is 7.17. The van der Waals surface area contributed by atoms with Gasteiger partial charge in [-0.1, -0.05) is 70.3 Å². The molecule has 0 aliphatic carbocycles. The second-order valence-corrected chi connectivity index (χ2v) is 10.7. The van der Waals surface area contributed by atoms with Crippen molar-refractivity contribution in [3.05, 3.63) is 24.3 Å². The molecule has 1 heterocycles. The molecule has 1 fully saturated rings. The van der Waals surface area contributed by atoms with Crippen LogP contribution in [0.3, 0.4) is 0 Å². The van der Waals surface area contributed by atoms with Crippen LogP contribution in [-0.2, 0) is 24.1 Å². The Morgan fingerprint density at radius 2 is 1.72 bits per heavy atom. The van der Waals surface area contributed by atoms with Crippen molar-refractivity contribution in [1.82, 2.24) is 10.4 Å². The molecule has 0 amide bonds. The highest BCUT2D eigenvalue weighted by atomic mass is 17.2. The second-order valence-electron chi connectivity index (χ2n) is 10.7. The zero-order valence-corrected chi connectivity index (χ0v) is 25.9. The topological polar surface area (TPSA) is 61.4 Å². The number of ether oxygens (including phenoxy) is 2. The Labute approximate surface area is 240 Å². The summed E-state index contributed by atoms with van der Waals surface area (Å²) in [7, 11) is 0. The molecule has 3 atom stereocenters. The summed E-state index contributed by atoms with van der Waals surface area (Å²) in [5, 5.41) is 0. The zero-order chi connectivity index (χ0) is 28.2. The molecule has 7 nitrogen and oxygen atoms in total. The summed E-state index contributed by atoms with van der Waals surface area (Å²) < 4.78 is 11.6. The van der Waals surface area contributed by atoms with E-state index < -0.39 is 0 Å². The molecule has 0 spiro atoms. The summed E-state index contributed by atoms with van der Waals surface area (Å²) in [6, 6.07) is 0.599. The number of hydrogen-bond donors (Lipinski definition) is 1. The van der Waals surface area contributed by atoms with Crippen LogP contribution in [-0.4, -0.2) is 75.8 Å². The van der Waals surface area contributed by atoms with Gasteiger partial charge in [0.15, 0.2) is 0 Å². The third kappa shape index (κ3) is 21.6. The van der Waals surface area contributed by atoms with Crippen molar-refractivity contribution in [2.24, 2.45) is 0 Å². The molecule has 1 aliphatic rings. The highest BCUT2D eigenvalue weighted by Crippen LogP contribution is 2.17. The van der Waals surface area contributed by atoms with Gasteiger partial charge in [-0.2, -0.15) is 5.48 Å². The normalized spacial score (nSPS) is 18.1. The van der Waals surface area contributed by atoms with E-state index in [2.05, 4.69) is 62.4 Å². The number of nitrogens with zero attached hydrogens (tertiary/aromatic N) is 1. The van der Waals surface area contributed by atoms with Gasteiger partial charge in [0.2, 0.25) is 0 Å². The number of hydroxylamine groups is 1. The minimum atomic E-state index is -0.0777. The van der Waals surface area contributed by atoms with Crippen LogP contribution in [0.5, 0.6) is 0 Å². The first-order valence-corrected chi connectivity index (χ1v) is 16.0. The summed E-state index contributed by atoms with van der Waals surface area (Å²) >= 11 is 0. The quantitative estimate of drug-likeness (QED) is 0.0476. The van der Waals surface area contributed by atoms with Gasteiger partial charge in [-0.3, -0.25) is 9.74 Å². The molecule has 230 valence electrons. The number of likely N-dealkylation sites (tertiary alicyclic amines) is 1. The van der Waals surface area contributed by atoms with Gasteiger partial charge in [0, 0.05) is 25.7 Å². The molecule has 2 unspecified atom stereocenters. The van der Waals surface area contributed by atoms with Crippen molar-refractivity contribution in [1.29, 1.82) is 0 Å². The number of hydrogen-bond acceptors (Lipinski definition) is 7. The Morgan fingerprint density at radius 1 is 0.897 bits per heavy atom. The highest BCUT2D eigenvalue weighted by Gasteiger charge is 2.24. The Morgan fingerprint density at radius 3 is 2.46 bits per heavy atom. The van der Waals surface area contributed by atoms with E-state index in [1.165, 1.54) is 51.4 Å². The van der Waals surface area contributed by atoms with E-state index in [1.807, 2.05) is 0 Å². The van der Waals surface area contributed by atoms with E-state index in [0.717, 1.165) is 51.8 Å². The summed E-state index contributed by atoms with van der Waals surface area (Å²) in [6.45, 7) is 14.2. The van der Waals surface area contributed by atoms with Crippen LogP contribution in [0.4, 0.5) is 0 Å². The van der Waals surface area contributed by atoms with E-state index in [9.17, 15) is 0 Å². The molecule has 0 saturated carbocycles. The van der Waals surface area contributed by atoms with Gasteiger partial charge in [0.05, 0.1) is 25.9 Å². The third-order valence-corrected chi connectivity index (χ3v) is 7.20. The fourth-order valence-electron chi connectivity index (χ4n) is 4.75. The first-order valence-electron chi connectivity index (χ1n) is 16.0. The smallest absolute Gasteiger partial charge is 0.129 e. The largest absolute Gasteiger partial charge is 0.379 e. The zero-order valence-electron chi connectivity index (χ0n) is 25.9. The van der Waals surface area contributed by atoms with E-state index in [4.69, 9.17) is 24.1 Å². The fraction of sp³-hybridized carbons (Fsp3) is 0.875. The summed E-state index contributed by atoms with van der Waals surface area (Å²) in [5.41, 5.74) is 3.01. The van der Waals surface area contributed by atoms with Gasteiger partial charge in [-0.15, -0.1) is 0 Å². The van der Waals surface area contributed by atoms with Crippen LogP contribution in [0.25, 0.3) is 0 Å². The molecule has 1 rings (SSSR count). The molecule has 0 bridgehead atoms. The van der Waals surface area contributed by atoms with Crippen LogP contribution in [0.1, 0.15) is 111 Å². The SMILES string of the molecule is C/C=C\C/C=C\CCCCCCCCOCC(CN1CCCC1C)OOCCOCCNO[C@H](CC)CCC. The lowest BCUT2D eigenvalue weighted by molar-refractivity contribution is -0.335. The summed E-state index contributed by atoms with van der Waals surface area (Å²) in [4.78, 5) is 19.4. The van der Waals surface area contributed by atoms with Crippen molar-refractivity contribution in [2.45, 2.75) is 129 Å². The second kappa shape index (κ2) is 27.4. The Hall–Kier alpha value is -0.800. The van der Waals surface area contributed by atoms with Crippen LogP contribution in [0.2, 0.25) is 0 Å². The highest BCUT2D eigenvalue weighted by molar-refractivity contribution is 4.91. The van der Waals surface area contributed by atoms with E-state index >= 15 is 0 Å². The van der Waals surface area contributed by atoms with Crippen LogP contribution in [0.15, 0.2) is 24.3 Å². The summed E-state index contributed by atoms with van der Waals surface area (Å²) in [6.07, 6.45) is 24.7. The summed E-state index contributed by atoms with van der Waals surface area (Å²) in [5.74, 6) is 0. The average Bonchev–Trinajstić information content (AvgIpc) is 3.35. The third-order valence-electron chi connectivity index (χ3n) is 7.20. The minimum Gasteiger partial charge on any atom is -0.379 e. The monoisotopic (exact) mass is 554 g/mol. The average molecular weight is 555 g/mol. The molecular formula is C32H62N2O5. The van der Waals surface area contributed by atoms with Gasteiger partial charge in [-0.05, 0) is 71.8 Å². The maximum Gasteiger partial charge on any atom is 0.129 e. The van der Waals surface area contributed by atoms with Gasteiger partial charge < -0.3 is 9.47 Å². The van der Waals surface area contributed by atoms with Gasteiger partial charge in [-0.25, -0.2) is 9.78 Å². The standard InChI is InChI=1S/C32H62N2O5/c1-5-8-9-10-11-12-13-14-15-16-17-18-24-36-29-32(28-34-23-19-21-30(34)4)39-37-27-26-35-25-22-33-38-31(7-3)20-6-2/h5,8,10-11,30-33H,6-7,9,12-29H2,1-4H3/b8-5-,11-10-/t30?,31-,32?/m1/s1. The Kier molecular flexibility index (Phi) is 25.4. The van der Waals surface area contributed by atoms with E-state index in [1.54, 1.807) is 0 Å².